The van der Waals surface area contributed by atoms with Crippen LogP contribution in [-0.2, 0) is 25.7 Å². The van der Waals surface area contributed by atoms with E-state index >= 15 is 0 Å². The number of aromatic nitrogens is 1. The van der Waals surface area contributed by atoms with Crippen LogP contribution in [0.25, 0.3) is 0 Å². The van der Waals surface area contributed by atoms with E-state index in [1.165, 1.54) is 0 Å². The molecule has 3 amide bonds. The Morgan fingerprint density at radius 1 is 1.02 bits per heavy atom. The molecule has 0 saturated carbocycles. The van der Waals surface area contributed by atoms with Crippen LogP contribution in [0.4, 0.5) is 10.6 Å². The zero-order chi connectivity index (χ0) is 30.6. The SMILES string of the molecule is Cc1ccccc1C(=O)NC(CNC(=O)COC1CC(CNc2ccccn2)N(C(=O)OCc2ccccc2)C1)C(=O)O. The second-order valence-electron chi connectivity index (χ2n) is 10.1. The van der Waals surface area contributed by atoms with Crippen molar-refractivity contribution in [2.45, 2.75) is 38.1 Å². The number of nitrogens with zero attached hydrogens (tertiary/aromatic N) is 2. The van der Waals surface area contributed by atoms with E-state index in [2.05, 4.69) is 20.9 Å². The topological polar surface area (TPSA) is 159 Å². The molecule has 3 aromatic rings. The van der Waals surface area contributed by atoms with Crippen molar-refractivity contribution in [3.63, 3.8) is 0 Å². The number of likely N-dealkylation sites (tertiary alicyclic amines) is 1. The lowest BCUT2D eigenvalue weighted by Crippen LogP contribution is -2.49. The first kappa shape index (κ1) is 31.0. The summed E-state index contributed by atoms with van der Waals surface area (Å²) in [6.07, 6.45) is 1.15. The second-order valence-corrected chi connectivity index (χ2v) is 10.1. The monoisotopic (exact) mass is 589 g/mol. The molecule has 4 N–H and O–H groups in total. The maximum absolute atomic E-state index is 13.0. The molecule has 0 spiro atoms. The summed E-state index contributed by atoms with van der Waals surface area (Å²) in [6, 6.07) is 20.0. The Labute approximate surface area is 249 Å². The Kier molecular flexibility index (Phi) is 11.0. The van der Waals surface area contributed by atoms with Crippen molar-refractivity contribution in [1.29, 1.82) is 0 Å². The van der Waals surface area contributed by atoms with E-state index in [1.807, 2.05) is 42.5 Å². The third-order valence-electron chi connectivity index (χ3n) is 6.95. The predicted molar refractivity (Wildman–Crippen MR) is 157 cm³/mol. The van der Waals surface area contributed by atoms with Crippen LogP contribution >= 0.6 is 0 Å². The summed E-state index contributed by atoms with van der Waals surface area (Å²) >= 11 is 0. The van der Waals surface area contributed by atoms with E-state index in [0.29, 0.717) is 29.9 Å². The van der Waals surface area contributed by atoms with Gasteiger partial charge in [0.15, 0.2) is 0 Å². The fraction of sp³-hybridized carbons (Fsp3) is 0.323. The van der Waals surface area contributed by atoms with Gasteiger partial charge in [-0.05, 0) is 42.7 Å². The van der Waals surface area contributed by atoms with Crippen molar-refractivity contribution in [3.05, 3.63) is 95.7 Å². The molecule has 1 aromatic heterocycles. The van der Waals surface area contributed by atoms with Crippen LogP contribution in [0.5, 0.6) is 0 Å². The average molecular weight is 590 g/mol. The van der Waals surface area contributed by atoms with Crippen LogP contribution in [0, 0.1) is 6.92 Å². The van der Waals surface area contributed by atoms with E-state index in [0.717, 1.165) is 5.56 Å². The summed E-state index contributed by atoms with van der Waals surface area (Å²) in [5.41, 5.74) is 1.91. The lowest BCUT2D eigenvalue weighted by molar-refractivity contribution is -0.139. The maximum atomic E-state index is 13.0. The Morgan fingerprint density at radius 3 is 2.49 bits per heavy atom. The zero-order valence-electron chi connectivity index (χ0n) is 23.8. The number of carbonyl (C=O) groups is 4. The molecule has 0 bridgehead atoms. The lowest BCUT2D eigenvalue weighted by Gasteiger charge is -2.24. The Morgan fingerprint density at radius 2 is 1.77 bits per heavy atom. The largest absolute Gasteiger partial charge is 0.480 e. The smallest absolute Gasteiger partial charge is 0.410 e. The molecule has 3 unspecified atom stereocenters. The average Bonchev–Trinajstić information content (AvgIpc) is 3.44. The number of aryl methyl sites for hydroxylation is 1. The van der Waals surface area contributed by atoms with Gasteiger partial charge in [-0.3, -0.25) is 9.59 Å². The van der Waals surface area contributed by atoms with Gasteiger partial charge in [0.1, 0.15) is 25.1 Å². The number of pyridine rings is 1. The number of carboxylic acid groups (broad SMARTS) is 1. The normalized spacial score (nSPS) is 16.6. The van der Waals surface area contributed by atoms with E-state index in [-0.39, 0.29) is 32.3 Å². The van der Waals surface area contributed by atoms with E-state index < -0.39 is 36.0 Å². The molecule has 226 valence electrons. The maximum Gasteiger partial charge on any atom is 0.410 e. The molecule has 0 radical (unpaired) electrons. The van der Waals surface area contributed by atoms with Crippen LogP contribution < -0.4 is 16.0 Å². The van der Waals surface area contributed by atoms with Gasteiger partial charge in [-0.15, -0.1) is 0 Å². The summed E-state index contributed by atoms with van der Waals surface area (Å²) in [4.78, 5) is 55.6. The van der Waals surface area contributed by atoms with Crippen molar-refractivity contribution in [3.8, 4) is 0 Å². The number of amides is 3. The predicted octanol–water partition coefficient (Wildman–Crippen LogP) is 2.60. The van der Waals surface area contributed by atoms with Crippen LogP contribution in [0.3, 0.4) is 0 Å². The quantitative estimate of drug-likeness (QED) is 0.235. The second kappa shape index (κ2) is 15.3. The Balaban J connectivity index is 1.29. The fourth-order valence-electron chi connectivity index (χ4n) is 4.63. The highest BCUT2D eigenvalue weighted by molar-refractivity contribution is 5.98. The van der Waals surface area contributed by atoms with Gasteiger partial charge in [-0.2, -0.15) is 0 Å². The summed E-state index contributed by atoms with van der Waals surface area (Å²) in [5, 5.41) is 17.7. The zero-order valence-corrected chi connectivity index (χ0v) is 23.8. The first-order valence-corrected chi connectivity index (χ1v) is 13.9. The van der Waals surface area contributed by atoms with Gasteiger partial charge in [0, 0.05) is 24.8 Å². The number of nitrogens with one attached hydrogen (secondary N) is 3. The molecule has 43 heavy (non-hydrogen) atoms. The van der Waals surface area contributed by atoms with Crippen LogP contribution in [-0.4, -0.2) is 83.3 Å². The van der Waals surface area contributed by atoms with Crippen molar-refractivity contribution in [2.24, 2.45) is 0 Å². The highest BCUT2D eigenvalue weighted by Gasteiger charge is 2.37. The third-order valence-corrected chi connectivity index (χ3v) is 6.95. The molecule has 3 atom stereocenters. The van der Waals surface area contributed by atoms with Crippen molar-refractivity contribution < 1.29 is 33.8 Å². The molecule has 2 heterocycles. The molecule has 0 aliphatic carbocycles. The van der Waals surface area contributed by atoms with Crippen LogP contribution in [0.1, 0.15) is 27.9 Å². The fourth-order valence-corrected chi connectivity index (χ4v) is 4.63. The van der Waals surface area contributed by atoms with Gasteiger partial charge in [0.25, 0.3) is 5.91 Å². The number of hydrogen-bond acceptors (Lipinski definition) is 8. The number of anilines is 1. The summed E-state index contributed by atoms with van der Waals surface area (Å²) < 4.78 is 11.4. The molecule has 2 aromatic carbocycles. The minimum Gasteiger partial charge on any atom is -0.480 e. The highest BCUT2D eigenvalue weighted by Crippen LogP contribution is 2.22. The lowest BCUT2D eigenvalue weighted by atomic mass is 10.1. The van der Waals surface area contributed by atoms with Gasteiger partial charge in [-0.1, -0.05) is 54.6 Å². The molecule has 1 saturated heterocycles. The number of hydrogen-bond donors (Lipinski definition) is 4. The van der Waals surface area contributed by atoms with Gasteiger partial charge in [-0.25, -0.2) is 14.6 Å². The Bertz CT molecular complexity index is 1390. The first-order chi connectivity index (χ1) is 20.8. The molecular weight excluding hydrogens is 554 g/mol. The number of carboxylic acids is 1. The van der Waals surface area contributed by atoms with Crippen molar-refractivity contribution in [2.75, 3.05) is 31.6 Å². The molecule has 12 nitrogen and oxygen atoms in total. The van der Waals surface area contributed by atoms with Gasteiger partial charge in [0.05, 0.1) is 18.7 Å². The number of ether oxygens (including phenoxy) is 2. The van der Waals surface area contributed by atoms with E-state index in [9.17, 15) is 24.3 Å². The standard InChI is InChI=1S/C31H35N5O7/c1-21-9-5-6-12-25(21)29(38)35-26(30(39)40)17-34-28(37)20-42-24-15-23(16-33-27-13-7-8-14-32-27)36(18-24)31(41)43-19-22-10-3-2-4-11-22/h2-14,23-24,26H,15-20H2,1H3,(H,32,33)(H,34,37)(H,35,38)(H,39,40). The first-order valence-electron chi connectivity index (χ1n) is 13.9. The van der Waals surface area contributed by atoms with E-state index in [4.69, 9.17) is 9.47 Å². The molecule has 1 fully saturated rings. The summed E-state index contributed by atoms with van der Waals surface area (Å²) in [7, 11) is 0. The molecule has 4 rings (SSSR count). The molecule has 1 aliphatic rings. The molecule has 1 aliphatic heterocycles. The van der Waals surface area contributed by atoms with Gasteiger partial charge in [0.2, 0.25) is 5.91 Å². The molecular formula is C31H35N5O7. The van der Waals surface area contributed by atoms with Crippen LogP contribution in [0.2, 0.25) is 0 Å². The third kappa shape index (κ3) is 9.27. The Hall–Kier alpha value is -4.97. The minimum atomic E-state index is -1.33. The van der Waals surface area contributed by atoms with E-state index in [1.54, 1.807) is 48.4 Å². The molecule has 12 heteroatoms. The summed E-state index contributed by atoms with van der Waals surface area (Å²) in [6.45, 7) is 1.79. The number of rotatable bonds is 13. The van der Waals surface area contributed by atoms with Gasteiger partial charge < -0.3 is 35.4 Å². The number of carbonyl (C=O) groups excluding carboxylic acids is 3. The van der Waals surface area contributed by atoms with Gasteiger partial charge >= 0.3 is 12.1 Å². The number of benzene rings is 2. The summed E-state index contributed by atoms with van der Waals surface area (Å²) in [5.74, 6) is -1.73. The minimum absolute atomic E-state index is 0.121. The van der Waals surface area contributed by atoms with Crippen molar-refractivity contribution in [1.82, 2.24) is 20.5 Å². The van der Waals surface area contributed by atoms with Crippen molar-refractivity contribution >= 4 is 29.7 Å². The van der Waals surface area contributed by atoms with Crippen LogP contribution in [0.15, 0.2) is 79.0 Å². The number of aliphatic carboxylic acids is 1. The highest BCUT2D eigenvalue weighted by atomic mass is 16.6.